The maximum absolute atomic E-state index is 13.5. The SMILES string of the molecule is O=[N+]([O-])c1ccccc1NC(=S)N/N=C\c1cc(Br)ccc1F. The van der Waals surface area contributed by atoms with Gasteiger partial charge in [0.15, 0.2) is 5.11 Å². The first kappa shape index (κ1) is 17.0. The van der Waals surface area contributed by atoms with E-state index in [1.165, 1.54) is 24.4 Å². The van der Waals surface area contributed by atoms with Crippen LogP contribution in [0.25, 0.3) is 0 Å². The van der Waals surface area contributed by atoms with Gasteiger partial charge >= 0.3 is 0 Å². The van der Waals surface area contributed by atoms with Gasteiger partial charge in [0.25, 0.3) is 5.69 Å². The summed E-state index contributed by atoms with van der Waals surface area (Å²) in [4.78, 5) is 10.4. The van der Waals surface area contributed by atoms with Crippen LogP contribution in [0.15, 0.2) is 52.0 Å². The van der Waals surface area contributed by atoms with E-state index in [1.54, 1.807) is 24.3 Å². The van der Waals surface area contributed by atoms with Crippen LogP contribution in [0.4, 0.5) is 15.8 Å². The van der Waals surface area contributed by atoms with Crippen LogP contribution in [-0.2, 0) is 0 Å². The van der Waals surface area contributed by atoms with Gasteiger partial charge in [0.05, 0.1) is 11.1 Å². The molecule has 0 spiro atoms. The number of nitro groups is 1. The van der Waals surface area contributed by atoms with E-state index in [2.05, 4.69) is 31.8 Å². The Morgan fingerprint density at radius 1 is 1.35 bits per heavy atom. The highest BCUT2D eigenvalue weighted by atomic mass is 79.9. The topological polar surface area (TPSA) is 79.6 Å². The van der Waals surface area contributed by atoms with Gasteiger partial charge in [-0.05, 0) is 36.5 Å². The molecular weight excluding hydrogens is 387 g/mol. The maximum Gasteiger partial charge on any atom is 0.292 e. The molecule has 2 N–H and O–H groups in total. The molecule has 2 aromatic rings. The van der Waals surface area contributed by atoms with Crippen molar-refractivity contribution in [1.82, 2.24) is 5.43 Å². The molecule has 0 amide bonds. The third kappa shape index (κ3) is 4.80. The zero-order valence-electron chi connectivity index (χ0n) is 11.5. The van der Waals surface area contributed by atoms with Crippen molar-refractivity contribution in [3.05, 3.63) is 68.4 Å². The average molecular weight is 397 g/mol. The van der Waals surface area contributed by atoms with Gasteiger partial charge in [-0.15, -0.1) is 0 Å². The van der Waals surface area contributed by atoms with Crippen molar-refractivity contribution in [2.75, 3.05) is 5.32 Å². The summed E-state index contributed by atoms with van der Waals surface area (Å²) in [5, 5.41) is 17.4. The van der Waals surface area contributed by atoms with E-state index in [1.807, 2.05) is 0 Å². The summed E-state index contributed by atoms with van der Waals surface area (Å²) in [6.45, 7) is 0. The van der Waals surface area contributed by atoms with Crippen molar-refractivity contribution >= 4 is 50.8 Å². The fourth-order valence-electron chi connectivity index (χ4n) is 1.66. The van der Waals surface area contributed by atoms with Crippen LogP contribution in [-0.4, -0.2) is 16.3 Å². The predicted octanol–water partition coefficient (Wildman–Crippen LogP) is 3.82. The van der Waals surface area contributed by atoms with Crippen molar-refractivity contribution < 1.29 is 9.31 Å². The fourth-order valence-corrected chi connectivity index (χ4v) is 2.20. The molecule has 0 atom stereocenters. The van der Waals surface area contributed by atoms with Gasteiger partial charge in [-0.3, -0.25) is 15.5 Å². The Balaban J connectivity index is 2.02. The van der Waals surface area contributed by atoms with Crippen molar-refractivity contribution in [2.24, 2.45) is 5.10 Å². The Morgan fingerprint density at radius 3 is 2.83 bits per heavy atom. The number of thiocarbonyl (C=S) groups is 1. The highest BCUT2D eigenvalue weighted by Gasteiger charge is 2.12. The molecule has 0 heterocycles. The van der Waals surface area contributed by atoms with E-state index < -0.39 is 10.7 Å². The van der Waals surface area contributed by atoms with E-state index >= 15 is 0 Å². The Bertz CT molecular complexity index is 785. The summed E-state index contributed by atoms with van der Waals surface area (Å²) in [6, 6.07) is 10.5. The smallest absolute Gasteiger partial charge is 0.292 e. The lowest BCUT2D eigenvalue weighted by Gasteiger charge is -2.07. The summed E-state index contributed by atoms with van der Waals surface area (Å²) in [5.41, 5.74) is 2.86. The second kappa shape index (κ2) is 7.75. The van der Waals surface area contributed by atoms with Gasteiger partial charge in [0.1, 0.15) is 11.5 Å². The lowest BCUT2D eigenvalue weighted by molar-refractivity contribution is -0.383. The summed E-state index contributed by atoms with van der Waals surface area (Å²) in [7, 11) is 0. The molecular formula is C14H10BrFN4O2S. The number of benzene rings is 2. The quantitative estimate of drug-likeness (QED) is 0.355. The average Bonchev–Trinajstić information content (AvgIpc) is 2.51. The standard InChI is InChI=1S/C14H10BrFN4O2S/c15-10-5-6-11(16)9(7-10)8-17-19-14(23)18-12-3-1-2-4-13(12)20(21)22/h1-8H,(H2,18,19,23)/b17-8-. The number of para-hydroxylation sites is 2. The molecule has 0 unspecified atom stereocenters. The number of hydrogen-bond acceptors (Lipinski definition) is 4. The minimum Gasteiger partial charge on any atom is -0.326 e. The number of anilines is 1. The number of rotatable bonds is 4. The van der Waals surface area contributed by atoms with Crippen LogP contribution >= 0.6 is 28.1 Å². The third-order valence-electron chi connectivity index (χ3n) is 2.68. The van der Waals surface area contributed by atoms with E-state index in [-0.39, 0.29) is 22.1 Å². The molecule has 2 aromatic carbocycles. The van der Waals surface area contributed by atoms with E-state index in [0.717, 1.165) is 0 Å². The molecule has 118 valence electrons. The molecule has 0 saturated carbocycles. The Kier molecular flexibility index (Phi) is 5.72. The number of halogens is 2. The van der Waals surface area contributed by atoms with Crippen molar-refractivity contribution in [1.29, 1.82) is 0 Å². The summed E-state index contributed by atoms with van der Waals surface area (Å²) in [6.07, 6.45) is 1.26. The molecule has 9 heteroatoms. The highest BCUT2D eigenvalue weighted by molar-refractivity contribution is 9.10. The maximum atomic E-state index is 13.5. The van der Waals surface area contributed by atoms with E-state index in [9.17, 15) is 14.5 Å². The van der Waals surface area contributed by atoms with Crippen molar-refractivity contribution in [3.63, 3.8) is 0 Å². The summed E-state index contributed by atoms with van der Waals surface area (Å²) in [5.74, 6) is -0.434. The first-order chi connectivity index (χ1) is 11.0. The van der Waals surface area contributed by atoms with Crippen LogP contribution in [0, 0.1) is 15.9 Å². The molecule has 0 saturated heterocycles. The second-order valence-corrected chi connectivity index (χ2v) is 5.59. The molecule has 0 fully saturated rings. The molecule has 23 heavy (non-hydrogen) atoms. The molecule has 0 radical (unpaired) electrons. The van der Waals surface area contributed by atoms with Gasteiger partial charge in [-0.1, -0.05) is 28.1 Å². The third-order valence-corrected chi connectivity index (χ3v) is 3.36. The number of nitrogens with one attached hydrogen (secondary N) is 2. The van der Waals surface area contributed by atoms with Gasteiger partial charge in [0.2, 0.25) is 0 Å². The molecule has 0 aliphatic rings. The van der Waals surface area contributed by atoms with Gasteiger partial charge in [0, 0.05) is 16.1 Å². The summed E-state index contributed by atoms with van der Waals surface area (Å²) < 4.78 is 14.2. The lowest BCUT2D eigenvalue weighted by atomic mass is 10.2. The van der Waals surface area contributed by atoms with Crippen molar-refractivity contribution in [2.45, 2.75) is 0 Å². The molecule has 0 aliphatic heterocycles. The van der Waals surface area contributed by atoms with Crippen molar-refractivity contribution in [3.8, 4) is 0 Å². The number of nitro benzene ring substituents is 1. The monoisotopic (exact) mass is 396 g/mol. The molecule has 2 rings (SSSR count). The summed E-state index contributed by atoms with van der Waals surface area (Å²) >= 11 is 8.23. The fraction of sp³-hybridized carbons (Fsp3) is 0. The van der Waals surface area contributed by atoms with E-state index in [4.69, 9.17) is 12.2 Å². The Hall–Kier alpha value is -2.39. The second-order valence-electron chi connectivity index (χ2n) is 4.26. The number of hydrazone groups is 1. The highest BCUT2D eigenvalue weighted by Crippen LogP contribution is 2.22. The molecule has 0 aliphatic carbocycles. The van der Waals surface area contributed by atoms with Crippen LogP contribution in [0.3, 0.4) is 0 Å². The lowest BCUT2D eigenvalue weighted by Crippen LogP contribution is -2.24. The van der Waals surface area contributed by atoms with Crippen LogP contribution < -0.4 is 10.7 Å². The molecule has 6 nitrogen and oxygen atoms in total. The largest absolute Gasteiger partial charge is 0.326 e. The van der Waals surface area contributed by atoms with Crippen LogP contribution in [0.5, 0.6) is 0 Å². The zero-order chi connectivity index (χ0) is 16.8. The van der Waals surface area contributed by atoms with Gasteiger partial charge in [-0.25, -0.2) is 4.39 Å². The first-order valence-electron chi connectivity index (χ1n) is 6.26. The minimum atomic E-state index is -0.523. The molecule has 0 bridgehead atoms. The normalized spacial score (nSPS) is 10.5. The number of hydrogen-bond donors (Lipinski definition) is 2. The van der Waals surface area contributed by atoms with E-state index in [0.29, 0.717) is 4.47 Å². The predicted molar refractivity (Wildman–Crippen MR) is 94.1 cm³/mol. The van der Waals surface area contributed by atoms with Crippen LogP contribution in [0.2, 0.25) is 0 Å². The first-order valence-corrected chi connectivity index (χ1v) is 7.46. The van der Waals surface area contributed by atoms with Gasteiger partial charge in [-0.2, -0.15) is 5.10 Å². The molecule has 0 aromatic heterocycles. The number of nitrogens with zero attached hydrogens (tertiary/aromatic N) is 2. The van der Waals surface area contributed by atoms with Crippen LogP contribution in [0.1, 0.15) is 5.56 Å². The Labute approximate surface area is 144 Å². The van der Waals surface area contributed by atoms with Gasteiger partial charge < -0.3 is 5.32 Å². The minimum absolute atomic E-state index is 0.0472. The zero-order valence-corrected chi connectivity index (χ0v) is 13.9. The Morgan fingerprint density at radius 2 is 2.09 bits per heavy atom.